The number of amides is 2. The zero-order valence-corrected chi connectivity index (χ0v) is 20.8. The van der Waals surface area contributed by atoms with Crippen molar-refractivity contribution in [2.24, 2.45) is 0 Å². The quantitative estimate of drug-likeness (QED) is 0.518. The van der Waals surface area contributed by atoms with Crippen LogP contribution in [0, 0.1) is 5.82 Å². The Morgan fingerprint density at radius 2 is 1.73 bits per heavy atom. The van der Waals surface area contributed by atoms with Gasteiger partial charge >= 0.3 is 0 Å². The number of nitrogens with zero attached hydrogens (tertiary/aromatic N) is 2. The normalized spacial score (nSPS) is 12.2. The molecule has 2 aromatic rings. The summed E-state index contributed by atoms with van der Waals surface area (Å²) in [5, 5.41) is 3.10. The van der Waals surface area contributed by atoms with Crippen molar-refractivity contribution in [3.63, 3.8) is 0 Å². The number of rotatable bonds is 10. The molecule has 2 aromatic carbocycles. The molecule has 0 aromatic heterocycles. The molecule has 0 aliphatic carbocycles. The number of benzene rings is 2. The largest absolute Gasteiger partial charge is 0.354 e. The van der Waals surface area contributed by atoms with E-state index in [1.165, 1.54) is 47.4 Å². The van der Waals surface area contributed by atoms with Crippen LogP contribution in [0.5, 0.6) is 0 Å². The highest BCUT2D eigenvalue weighted by molar-refractivity contribution is 7.92. The lowest BCUT2D eigenvalue weighted by atomic mass is 10.1. The van der Waals surface area contributed by atoms with E-state index in [0.717, 1.165) is 10.6 Å². The number of carbonyl (C=O) groups is 2. The number of anilines is 1. The summed E-state index contributed by atoms with van der Waals surface area (Å²) in [5.74, 6) is -1.43. The van der Waals surface area contributed by atoms with Gasteiger partial charge in [-0.05, 0) is 49.2 Å². The number of sulfonamides is 1. The molecule has 1 atom stereocenters. The average Bonchev–Trinajstić information content (AvgIpc) is 2.76. The van der Waals surface area contributed by atoms with Gasteiger partial charge in [-0.2, -0.15) is 0 Å². The first-order valence-corrected chi connectivity index (χ1v) is 12.8. The summed E-state index contributed by atoms with van der Waals surface area (Å²) in [5.41, 5.74) is 0.741. The Bertz CT molecular complexity index is 1100. The number of carbonyl (C=O) groups excluding carboxylic acids is 2. The topological polar surface area (TPSA) is 86.8 Å². The molecule has 7 nitrogen and oxygen atoms in total. The van der Waals surface area contributed by atoms with Crippen LogP contribution >= 0.6 is 23.2 Å². The first-order valence-electron chi connectivity index (χ1n) is 10.2. The third kappa shape index (κ3) is 7.58. The van der Waals surface area contributed by atoms with E-state index >= 15 is 0 Å². The molecular formula is C22H26Cl2FN3O4S. The van der Waals surface area contributed by atoms with E-state index in [9.17, 15) is 22.4 Å². The lowest BCUT2D eigenvalue weighted by Crippen LogP contribution is -2.51. The fraction of sp³-hybridized carbons (Fsp3) is 0.364. The lowest BCUT2D eigenvalue weighted by molar-refractivity contribution is -0.139. The molecule has 11 heteroatoms. The van der Waals surface area contributed by atoms with Crippen molar-refractivity contribution in [3.05, 3.63) is 63.9 Å². The minimum Gasteiger partial charge on any atom is -0.354 e. The Labute approximate surface area is 203 Å². The number of hydrogen-bond acceptors (Lipinski definition) is 4. The van der Waals surface area contributed by atoms with Crippen LogP contribution in [0.25, 0.3) is 0 Å². The molecule has 0 saturated carbocycles. The monoisotopic (exact) mass is 517 g/mol. The Morgan fingerprint density at radius 1 is 1.09 bits per heavy atom. The highest BCUT2D eigenvalue weighted by Crippen LogP contribution is 2.28. The van der Waals surface area contributed by atoms with Gasteiger partial charge in [-0.1, -0.05) is 42.3 Å². The van der Waals surface area contributed by atoms with Gasteiger partial charge in [-0.15, -0.1) is 0 Å². The van der Waals surface area contributed by atoms with Crippen LogP contribution < -0.4 is 9.62 Å². The van der Waals surface area contributed by atoms with Crippen molar-refractivity contribution in [1.82, 2.24) is 10.2 Å². The second-order valence-corrected chi connectivity index (χ2v) is 10.2. The standard InChI is InChI=1S/C22H26Cl2FN3O4S/c1-4-11-26-22(30)15(2)27(13-16-5-7-17(25)8-6-16)21(29)14-28(33(3,31)32)18-9-10-19(23)20(24)12-18/h5-10,12,15H,4,11,13-14H2,1-3H3,(H,26,30)/t15-/m0/s1. The molecule has 180 valence electrons. The van der Waals surface area contributed by atoms with Crippen molar-refractivity contribution >= 4 is 50.7 Å². The van der Waals surface area contributed by atoms with Crippen LogP contribution in [0.2, 0.25) is 10.0 Å². The highest BCUT2D eigenvalue weighted by Gasteiger charge is 2.30. The van der Waals surface area contributed by atoms with E-state index in [-0.39, 0.29) is 28.2 Å². The van der Waals surface area contributed by atoms with Crippen LogP contribution in [0.1, 0.15) is 25.8 Å². The second-order valence-electron chi connectivity index (χ2n) is 7.48. The van der Waals surface area contributed by atoms with Gasteiger partial charge in [0.25, 0.3) is 0 Å². The molecule has 1 N–H and O–H groups in total. The summed E-state index contributed by atoms with van der Waals surface area (Å²) in [6.07, 6.45) is 1.67. The first kappa shape index (κ1) is 26.9. The van der Waals surface area contributed by atoms with Gasteiger partial charge in [0.2, 0.25) is 21.8 Å². The molecule has 0 aliphatic heterocycles. The number of hydrogen-bond donors (Lipinski definition) is 1. The summed E-state index contributed by atoms with van der Waals surface area (Å²) in [4.78, 5) is 27.2. The molecule has 33 heavy (non-hydrogen) atoms. The van der Waals surface area contributed by atoms with Gasteiger partial charge in [-0.3, -0.25) is 13.9 Å². The smallest absolute Gasteiger partial charge is 0.244 e. The minimum absolute atomic E-state index is 0.0151. The molecular weight excluding hydrogens is 492 g/mol. The van der Waals surface area contributed by atoms with E-state index in [0.29, 0.717) is 18.5 Å². The van der Waals surface area contributed by atoms with Crippen LogP contribution in [-0.4, -0.2) is 50.5 Å². The van der Waals surface area contributed by atoms with Gasteiger partial charge in [-0.25, -0.2) is 12.8 Å². The molecule has 0 saturated heterocycles. The van der Waals surface area contributed by atoms with E-state index in [1.807, 2.05) is 6.92 Å². The van der Waals surface area contributed by atoms with E-state index in [1.54, 1.807) is 6.92 Å². The maximum Gasteiger partial charge on any atom is 0.244 e. The third-order valence-electron chi connectivity index (χ3n) is 4.85. The highest BCUT2D eigenvalue weighted by atomic mass is 35.5. The molecule has 0 heterocycles. The Kier molecular flexibility index (Phi) is 9.51. The van der Waals surface area contributed by atoms with Crippen LogP contribution in [0.3, 0.4) is 0 Å². The predicted molar refractivity (Wildman–Crippen MR) is 128 cm³/mol. The number of halogens is 3. The summed E-state index contributed by atoms with van der Waals surface area (Å²) in [6, 6.07) is 8.81. The van der Waals surface area contributed by atoms with Crippen LogP contribution in [-0.2, 0) is 26.2 Å². The van der Waals surface area contributed by atoms with Crippen LogP contribution in [0.4, 0.5) is 10.1 Å². The zero-order valence-electron chi connectivity index (χ0n) is 18.5. The van der Waals surface area contributed by atoms with Gasteiger partial charge < -0.3 is 10.2 Å². The second kappa shape index (κ2) is 11.7. The van der Waals surface area contributed by atoms with Gasteiger partial charge in [0, 0.05) is 13.1 Å². The van der Waals surface area contributed by atoms with Crippen molar-refractivity contribution in [2.75, 3.05) is 23.7 Å². The van der Waals surface area contributed by atoms with Gasteiger partial charge in [0.15, 0.2) is 0 Å². The van der Waals surface area contributed by atoms with Gasteiger partial charge in [0.1, 0.15) is 18.4 Å². The lowest BCUT2D eigenvalue weighted by Gasteiger charge is -2.31. The minimum atomic E-state index is -3.88. The van der Waals surface area contributed by atoms with E-state index < -0.39 is 34.3 Å². The Morgan fingerprint density at radius 3 is 2.27 bits per heavy atom. The van der Waals surface area contributed by atoms with Crippen LogP contribution in [0.15, 0.2) is 42.5 Å². The summed E-state index contributed by atoms with van der Waals surface area (Å²) >= 11 is 12.0. The molecule has 0 aliphatic rings. The van der Waals surface area contributed by atoms with E-state index in [2.05, 4.69) is 5.32 Å². The fourth-order valence-electron chi connectivity index (χ4n) is 3.02. The van der Waals surface area contributed by atoms with E-state index in [4.69, 9.17) is 23.2 Å². The first-order chi connectivity index (χ1) is 15.4. The van der Waals surface area contributed by atoms with Crippen molar-refractivity contribution in [3.8, 4) is 0 Å². The summed E-state index contributed by atoms with van der Waals surface area (Å²) in [6.45, 7) is 3.30. The maximum absolute atomic E-state index is 13.3. The molecule has 0 bridgehead atoms. The summed E-state index contributed by atoms with van der Waals surface area (Å²) < 4.78 is 39.2. The average molecular weight is 518 g/mol. The summed E-state index contributed by atoms with van der Waals surface area (Å²) in [7, 11) is -3.88. The third-order valence-corrected chi connectivity index (χ3v) is 6.73. The molecule has 0 spiro atoms. The Hall–Kier alpha value is -2.36. The molecule has 0 radical (unpaired) electrons. The Balaban J connectivity index is 2.38. The predicted octanol–water partition coefficient (Wildman–Crippen LogP) is 3.84. The fourth-order valence-corrected chi connectivity index (χ4v) is 4.15. The van der Waals surface area contributed by atoms with Crippen molar-refractivity contribution < 1.29 is 22.4 Å². The molecule has 2 amide bonds. The SMILES string of the molecule is CCCNC(=O)[C@H](C)N(Cc1ccc(F)cc1)C(=O)CN(c1ccc(Cl)c(Cl)c1)S(C)(=O)=O. The molecule has 2 rings (SSSR count). The van der Waals surface area contributed by atoms with Gasteiger partial charge in [0.05, 0.1) is 22.0 Å². The zero-order chi connectivity index (χ0) is 24.8. The molecule has 0 fully saturated rings. The molecule has 0 unspecified atom stereocenters. The number of nitrogens with one attached hydrogen (secondary N) is 1. The van der Waals surface area contributed by atoms with Crippen molar-refractivity contribution in [2.45, 2.75) is 32.9 Å². The maximum atomic E-state index is 13.3. The van der Waals surface area contributed by atoms with Crippen molar-refractivity contribution in [1.29, 1.82) is 0 Å².